The Kier molecular flexibility index (Phi) is 4.42. The van der Waals surface area contributed by atoms with Crippen molar-refractivity contribution < 1.29 is 19.4 Å². The highest BCUT2D eigenvalue weighted by Gasteiger charge is 2.26. The van der Waals surface area contributed by atoms with E-state index in [0.717, 1.165) is 5.69 Å². The second-order valence-electron chi connectivity index (χ2n) is 4.61. The van der Waals surface area contributed by atoms with Gasteiger partial charge in [-0.15, -0.1) is 0 Å². The highest BCUT2D eigenvalue weighted by molar-refractivity contribution is 5.74. The molecule has 0 aromatic heterocycles. The standard InChI is InChI=1S/C13H19NO4/c1-13(2,12(15)16)8-14-9-5-6-10(17-3)11(7-9)18-4/h5-7,14H,8H2,1-4H3,(H,15,16). The second kappa shape index (κ2) is 5.62. The van der Waals surface area contributed by atoms with Gasteiger partial charge in [-0.3, -0.25) is 4.79 Å². The summed E-state index contributed by atoms with van der Waals surface area (Å²) in [6.45, 7) is 3.67. The molecule has 5 heteroatoms. The molecule has 100 valence electrons. The molecule has 5 nitrogen and oxygen atoms in total. The molecule has 1 aromatic carbocycles. The number of methoxy groups -OCH3 is 2. The minimum Gasteiger partial charge on any atom is -0.493 e. The van der Waals surface area contributed by atoms with E-state index in [4.69, 9.17) is 14.6 Å². The fraction of sp³-hybridized carbons (Fsp3) is 0.462. The van der Waals surface area contributed by atoms with E-state index in [1.807, 2.05) is 6.07 Å². The van der Waals surface area contributed by atoms with Crippen molar-refractivity contribution in [1.82, 2.24) is 0 Å². The van der Waals surface area contributed by atoms with Gasteiger partial charge in [-0.05, 0) is 26.0 Å². The maximum absolute atomic E-state index is 11.0. The van der Waals surface area contributed by atoms with Crippen molar-refractivity contribution in [3.63, 3.8) is 0 Å². The molecule has 0 amide bonds. The van der Waals surface area contributed by atoms with Crippen LogP contribution in [-0.2, 0) is 4.79 Å². The number of carboxylic acid groups (broad SMARTS) is 1. The van der Waals surface area contributed by atoms with Crippen molar-refractivity contribution in [3.8, 4) is 11.5 Å². The van der Waals surface area contributed by atoms with Crippen LogP contribution in [0.1, 0.15) is 13.8 Å². The number of aliphatic carboxylic acids is 1. The van der Waals surface area contributed by atoms with Crippen molar-refractivity contribution in [2.45, 2.75) is 13.8 Å². The molecule has 1 aromatic rings. The smallest absolute Gasteiger partial charge is 0.310 e. The summed E-state index contributed by atoms with van der Waals surface area (Å²) in [6, 6.07) is 5.37. The molecule has 0 saturated carbocycles. The fourth-order valence-electron chi connectivity index (χ4n) is 1.34. The van der Waals surface area contributed by atoms with Gasteiger partial charge in [-0.25, -0.2) is 0 Å². The molecule has 0 fully saturated rings. The molecule has 0 unspecified atom stereocenters. The molecule has 2 N–H and O–H groups in total. The molecule has 0 spiro atoms. The van der Waals surface area contributed by atoms with Crippen molar-refractivity contribution in [1.29, 1.82) is 0 Å². The van der Waals surface area contributed by atoms with Crippen LogP contribution in [0.5, 0.6) is 11.5 Å². The van der Waals surface area contributed by atoms with Gasteiger partial charge in [-0.1, -0.05) is 0 Å². The number of rotatable bonds is 6. The van der Waals surface area contributed by atoms with E-state index in [2.05, 4.69) is 5.32 Å². The summed E-state index contributed by atoms with van der Waals surface area (Å²) in [6.07, 6.45) is 0. The van der Waals surface area contributed by atoms with Gasteiger partial charge < -0.3 is 19.9 Å². The zero-order chi connectivity index (χ0) is 13.8. The highest BCUT2D eigenvalue weighted by Crippen LogP contribution is 2.30. The predicted octanol–water partition coefficient (Wildman–Crippen LogP) is 2.23. The summed E-state index contributed by atoms with van der Waals surface area (Å²) in [5, 5.41) is 12.1. The molecule has 1 rings (SSSR count). The van der Waals surface area contributed by atoms with Crippen molar-refractivity contribution in [2.75, 3.05) is 26.1 Å². The lowest BCUT2D eigenvalue weighted by Crippen LogP contribution is -2.31. The van der Waals surface area contributed by atoms with Gasteiger partial charge in [0.15, 0.2) is 11.5 Å². The number of anilines is 1. The summed E-state index contributed by atoms with van der Waals surface area (Å²) >= 11 is 0. The van der Waals surface area contributed by atoms with Gasteiger partial charge in [0.2, 0.25) is 0 Å². The van der Waals surface area contributed by atoms with Crippen LogP contribution in [0, 0.1) is 5.41 Å². The average Bonchev–Trinajstić information content (AvgIpc) is 2.35. The summed E-state index contributed by atoms with van der Waals surface area (Å²) in [7, 11) is 3.13. The lowest BCUT2D eigenvalue weighted by atomic mass is 9.94. The van der Waals surface area contributed by atoms with Gasteiger partial charge in [-0.2, -0.15) is 0 Å². The largest absolute Gasteiger partial charge is 0.493 e. The summed E-state index contributed by atoms with van der Waals surface area (Å²) in [5.74, 6) is 0.409. The van der Waals surface area contributed by atoms with Crippen LogP contribution < -0.4 is 14.8 Å². The zero-order valence-electron chi connectivity index (χ0n) is 11.1. The van der Waals surface area contributed by atoms with Crippen molar-refractivity contribution in [3.05, 3.63) is 18.2 Å². The molecule has 0 bridgehead atoms. The highest BCUT2D eigenvalue weighted by atomic mass is 16.5. The molecule has 0 atom stereocenters. The lowest BCUT2D eigenvalue weighted by molar-refractivity contribution is -0.146. The van der Waals surface area contributed by atoms with Gasteiger partial charge in [0.05, 0.1) is 19.6 Å². The number of hydrogen-bond donors (Lipinski definition) is 2. The Hall–Kier alpha value is -1.91. The number of nitrogens with one attached hydrogen (secondary N) is 1. The van der Waals surface area contributed by atoms with Gasteiger partial charge >= 0.3 is 5.97 Å². The Bertz CT molecular complexity index is 429. The zero-order valence-corrected chi connectivity index (χ0v) is 11.1. The quantitative estimate of drug-likeness (QED) is 0.813. The Morgan fingerprint density at radius 2 is 1.89 bits per heavy atom. The van der Waals surface area contributed by atoms with Crippen LogP contribution in [0.3, 0.4) is 0 Å². The summed E-state index contributed by atoms with van der Waals surface area (Å²) < 4.78 is 10.3. The van der Waals surface area contributed by atoms with E-state index in [-0.39, 0.29) is 0 Å². The Labute approximate surface area is 107 Å². The van der Waals surface area contributed by atoms with Crippen LogP contribution in [0.15, 0.2) is 18.2 Å². The number of benzene rings is 1. The van der Waals surface area contributed by atoms with Crippen LogP contribution in [0.4, 0.5) is 5.69 Å². The number of ether oxygens (including phenoxy) is 2. The van der Waals surface area contributed by atoms with Gasteiger partial charge in [0, 0.05) is 18.3 Å². The normalized spacial score (nSPS) is 10.9. The molecule has 0 aliphatic rings. The van der Waals surface area contributed by atoms with E-state index in [9.17, 15) is 4.79 Å². The van der Waals surface area contributed by atoms with Gasteiger partial charge in [0.25, 0.3) is 0 Å². The third kappa shape index (κ3) is 3.29. The Morgan fingerprint density at radius 1 is 1.28 bits per heavy atom. The third-order valence-electron chi connectivity index (χ3n) is 2.70. The molecule has 0 heterocycles. The summed E-state index contributed by atoms with van der Waals surface area (Å²) in [4.78, 5) is 11.0. The molecule has 18 heavy (non-hydrogen) atoms. The molecular weight excluding hydrogens is 234 g/mol. The Balaban J connectivity index is 2.77. The molecule has 0 radical (unpaired) electrons. The first kappa shape index (κ1) is 14.2. The molecule has 0 aliphatic carbocycles. The van der Waals surface area contributed by atoms with Crippen LogP contribution >= 0.6 is 0 Å². The minimum absolute atomic E-state index is 0.331. The van der Waals surface area contributed by atoms with E-state index in [1.54, 1.807) is 40.2 Å². The van der Waals surface area contributed by atoms with Crippen LogP contribution in [-0.4, -0.2) is 31.8 Å². The third-order valence-corrected chi connectivity index (χ3v) is 2.70. The molecule has 0 saturated heterocycles. The number of carbonyl (C=O) groups is 1. The monoisotopic (exact) mass is 253 g/mol. The molecular formula is C13H19NO4. The SMILES string of the molecule is COc1ccc(NCC(C)(C)C(=O)O)cc1OC. The van der Waals surface area contributed by atoms with Crippen molar-refractivity contribution >= 4 is 11.7 Å². The average molecular weight is 253 g/mol. The first-order valence-electron chi connectivity index (χ1n) is 5.60. The van der Waals surface area contributed by atoms with E-state index in [0.29, 0.717) is 18.0 Å². The fourth-order valence-corrected chi connectivity index (χ4v) is 1.34. The van der Waals surface area contributed by atoms with E-state index >= 15 is 0 Å². The topological polar surface area (TPSA) is 67.8 Å². The first-order valence-corrected chi connectivity index (χ1v) is 5.60. The van der Waals surface area contributed by atoms with Gasteiger partial charge in [0.1, 0.15) is 0 Å². The first-order chi connectivity index (χ1) is 8.40. The van der Waals surface area contributed by atoms with E-state index < -0.39 is 11.4 Å². The number of carboxylic acids is 1. The molecule has 0 aliphatic heterocycles. The van der Waals surface area contributed by atoms with Crippen LogP contribution in [0.2, 0.25) is 0 Å². The summed E-state index contributed by atoms with van der Waals surface area (Å²) in [5.41, 5.74) is -0.0327. The van der Waals surface area contributed by atoms with Crippen molar-refractivity contribution in [2.24, 2.45) is 5.41 Å². The Morgan fingerprint density at radius 3 is 2.39 bits per heavy atom. The lowest BCUT2D eigenvalue weighted by Gasteiger charge is -2.20. The second-order valence-corrected chi connectivity index (χ2v) is 4.61. The maximum atomic E-state index is 11.0. The number of hydrogen-bond acceptors (Lipinski definition) is 4. The van der Waals surface area contributed by atoms with E-state index in [1.165, 1.54) is 0 Å². The minimum atomic E-state index is -0.838. The predicted molar refractivity (Wildman–Crippen MR) is 69.5 cm³/mol. The maximum Gasteiger partial charge on any atom is 0.310 e. The van der Waals surface area contributed by atoms with Crippen LogP contribution in [0.25, 0.3) is 0 Å².